The van der Waals surface area contributed by atoms with Crippen LogP contribution in [0.2, 0.25) is 0 Å². The molecule has 1 rings (SSSR count). The maximum Gasteiger partial charge on any atom is 0.378 e. The van der Waals surface area contributed by atoms with Gasteiger partial charge in [-0.3, -0.25) is 0 Å². The predicted molar refractivity (Wildman–Crippen MR) is 64.8 cm³/mol. The average Bonchev–Trinajstić information content (AvgIpc) is 2.37. The molecule has 0 amide bonds. The number of rotatable bonds is 7. The Morgan fingerprint density at radius 2 is 1.39 bits per heavy atom. The molecule has 11 heteroatoms. The molecule has 0 saturated heterocycles. The van der Waals surface area contributed by atoms with E-state index in [-0.39, 0.29) is 5.56 Å². The zero-order valence-electron chi connectivity index (χ0n) is 11.1. The first kappa shape index (κ1) is 19.7. The first-order valence-corrected chi connectivity index (χ1v) is 7.71. The second-order valence-electron chi connectivity index (χ2n) is 4.72. The summed E-state index contributed by atoms with van der Waals surface area (Å²) in [5, 5.41) is 0. The van der Waals surface area contributed by atoms with Crippen LogP contribution >= 0.6 is 0 Å². The molecule has 0 aliphatic carbocycles. The summed E-state index contributed by atoms with van der Waals surface area (Å²) >= 11 is 0. The molecule has 0 aliphatic rings. The van der Waals surface area contributed by atoms with E-state index in [9.17, 15) is 43.5 Å². The van der Waals surface area contributed by atoms with E-state index in [0.717, 1.165) is 0 Å². The molecule has 0 aliphatic heterocycles. The number of alkyl halides is 8. The van der Waals surface area contributed by atoms with E-state index >= 15 is 0 Å². The molecule has 0 fully saturated rings. The fourth-order valence-corrected chi connectivity index (χ4v) is 3.16. The van der Waals surface area contributed by atoms with Crippen LogP contribution < -0.4 is 0 Å². The lowest BCUT2D eigenvalue weighted by atomic mass is 10.1. The van der Waals surface area contributed by atoms with Crippen molar-refractivity contribution in [3.63, 3.8) is 0 Å². The van der Waals surface area contributed by atoms with Crippen molar-refractivity contribution in [2.45, 2.75) is 29.9 Å². The number of halogens is 8. The van der Waals surface area contributed by atoms with Gasteiger partial charge in [0.1, 0.15) is 5.75 Å². The monoisotopic (exact) mass is 370 g/mol. The minimum atomic E-state index is -6.53. The molecule has 0 saturated carbocycles. The van der Waals surface area contributed by atoms with E-state index in [2.05, 4.69) is 0 Å². The lowest BCUT2D eigenvalue weighted by Gasteiger charge is -2.32. The van der Waals surface area contributed by atoms with Crippen molar-refractivity contribution in [3.05, 3.63) is 35.9 Å². The Morgan fingerprint density at radius 3 is 1.83 bits per heavy atom. The lowest BCUT2D eigenvalue weighted by Crippen LogP contribution is -2.59. The number of hydrogen-bond acceptors (Lipinski definition) is 2. The van der Waals surface area contributed by atoms with Gasteiger partial charge in [-0.25, -0.2) is 17.2 Å². The Morgan fingerprint density at radius 1 is 0.913 bits per heavy atom. The van der Waals surface area contributed by atoms with Gasteiger partial charge in [0.05, 0.1) is 5.75 Å². The predicted octanol–water partition coefficient (Wildman–Crippen LogP) is 3.77. The van der Waals surface area contributed by atoms with Gasteiger partial charge in [0, 0.05) is 0 Å². The lowest BCUT2D eigenvalue weighted by molar-refractivity contribution is -0.332. The van der Waals surface area contributed by atoms with Gasteiger partial charge in [0.25, 0.3) is 0 Å². The van der Waals surface area contributed by atoms with Crippen LogP contribution in [-0.4, -0.2) is 38.4 Å². The second kappa shape index (κ2) is 6.25. The van der Waals surface area contributed by atoms with E-state index in [1.54, 1.807) is 0 Å². The second-order valence-corrected chi connectivity index (χ2v) is 6.78. The molecule has 0 atom stereocenters. The molecule has 0 N–H and O–H groups in total. The zero-order chi connectivity index (χ0) is 18.1. The Balaban J connectivity index is 3.05. The van der Waals surface area contributed by atoms with E-state index in [4.69, 9.17) is 0 Å². The molecule has 0 heterocycles. The van der Waals surface area contributed by atoms with Crippen molar-refractivity contribution >= 4 is 9.84 Å². The highest BCUT2D eigenvalue weighted by Crippen LogP contribution is 2.49. The Labute approximate surface area is 126 Å². The molecule has 0 unspecified atom stereocenters. The van der Waals surface area contributed by atoms with E-state index in [1.165, 1.54) is 30.3 Å². The summed E-state index contributed by atoms with van der Waals surface area (Å²) < 4.78 is 125. The first-order valence-electron chi connectivity index (χ1n) is 5.89. The van der Waals surface area contributed by atoms with Gasteiger partial charge < -0.3 is 0 Å². The number of benzene rings is 1. The minimum absolute atomic E-state index is 0.0489. The number of sulfone groups is 1. The van der Waals surface area contributed by atoms with Crippen molar-refractivity contribution in [1.82, 2.24) is 0 Å². The molecular formula is C12H10F8O2S. The van der Waals surface area contributed by atoms with Crippen molar-refractivity contribution in [1.29, 1.82) is 0 Å². The van der Waals surface area contributed by atoms with Gasteiger partial charge in [-0.05, 0) is 5.56 Å². The molecular weight excluding hydrogens is 360 g/mol. The molecule has 2 nitrogen and oxygen atoms in total. The van der Waals surface area contributed by atoms with Crippen LogP contribution in [0.1, 0.15) is 5.56 Å². The summed E-state index contributed by atoms with van der Waals surface area (Å²) in [6.07, 6.45) is -5.08. The Bertz CT molecular complexity index is 628. The van der Waals surface area contributed by atoms with Crippen molar-refractivity contribution < 1.29 is 43.5 Å². The third kappa shape index (κ3) is 4.12. The van der Waals surface area contributed by atoms with Gasteiger partial charge in [-0.15, -0.1) is 0 Å². The van der Waals surface area contributed by atoms with Crippen molar-refractivity contribution in [2.75, 3.05) is 5.75 Å². The third-order valence-electron chi connectivity index (χ3n) is 2.78. The van der Waals surface area contributed by atoms with E-state index < -0.39 is 45.5 Å². The summed E-state index contributed by atoms with van der Waals surface area (Å²) in [6.45, 7) is 0. The standard InChI is InChI=1S/C12H10F8O2S/c13-9(14)11(17,18)12(19,20)10(15,16)7-23(21,22)6-8-4-2-1-3-5-8/h1-5,9H,6-7H2. The summed E-state index contributed by atoms with van der Waals surface area (Å²) in [7, 11) is -4.97. The fourth-order valence-electron chi connectivity index (χ4n) is 1.63. The van der Waals surface area contributed by atoms with Crippen LogP contribution in [0.3, 0.4) is 0 Å². The van der Waals surface area contributed by atoms with Crippen LogP contribution in [0.5, 0.6) is 0 Å². The summed E-state index contributed by atoms with van der Waals surface area (Å²) in [5.74, 6) is -22.6. The highest BCUT2D eigenvalue weighted by Gasteiger charge is 2.75. The Kier molecular flexibility index (Phi) is 5.34. The maximum atomic E-state index is 13.3. The quantitative estimate of drug-likeness (QED) is 0.685. The molecule has 1 aromatic rings. The summed E-state index contributed by atoms with van der Waals surface area (Å²) in [4.78, 5) is 0. The SMILES string of the molecule is O=S(=O)(Cc1ccccc1)CC(F)(F)C(F)(F)C(F)(F)C(F)F. The Hall–Kier alpha value is -1.39. The largest absolute Gasteiger partial charge is 0.378 e. The first-order chi connectivity index (χ1) is 10.2. The molecule has 23 heavy (non-hydrogen) atoms. The van der Waals surface area contributed by atoms with Crippen LogP contribution in [0.25, 0.3) is 0 Å². The minimum Gasteiger partial charge on any atom is -0.228 e. The summed E-state index contributed by atoms with van der Waals surface area (Å²) in [6, 6.07) is 6.50. The van der Waals surface area contributed by atoms with Crippen LogP contribution in [0.15, 0.2) is 30.3 Å². The van der Waals surface area contributed by atoms with Crippen molar-refractivity contribution in [3.8, 4) is 0 Å². The molecule has 0 bridgehead atoms. The van der Waals surface area contributed by atoms with E-state index in [0.29, 0.717) is 0 Å². The third-order valence-corrected chi connectivity index (χ3v) is 4.36. The topological polar surface area (TPSA) is 34.1 Å². The molecule has 0 aromatic heterocycles. The van der Waals surface area contributed by atoms with Crippen molar-refractivity contribution in [2.24, 2.45) is 0 Å². The van der Waals surface area contributed by atoms with Crippen LogP contribution in [0, 0.1) is 0 Å². The maximum absolute atomic E-state index is 13.3. The molecule has 0 spiro atoms. The zero-order valence-corrected chi connectivity index (χ0v) is 11.9. The highest BCUT2D eigenvalue weighted by atomic mass is 32.2. The highest BCUT2D eigenvalue weighted by molar-refractivity contribution is 7.90. The van der Waals surface area contributed by atoms with Gasteiger partial charge in [0.15, 0.2) is 9.84 Å². The van der Waals surface area contributed by atoms with Crippen LogP contribution in [-0.2, 0) is 15.6 Å². The molecule has 0 radical (unpaired) electrons. The van der Waals surface area contributed by atoms with Gasteiger partial charge in [-0.2, -0.15) is 26.3 Å². The smallest absolute Gasteiger partial charge is 0.228 e. The fraction of sp³-hybridized carbons (Fsp3) is 0.500. The van der Waals surface area contributed by atoms with Gasteiger partial charge >= 0.3 is 24.2 Å². The molecule has 1 aromatic carbocycles. The normalized spacial score (nSPS) is 14.3. The molecule has 132 valence electrons. The van der Waals surface area contributed by atoms with Gasteiger partial charge in [0.2, 0.25) is 0 Å². The summed E-state index contributed by atoms with van der Waals surface area (Å²) in [5.41, 5.74) is -0.0489. The van der Waals surface area contributed by atoms with Gasteiger partial charge in [-0.1, -0.05) is 30.3 Å². The number of hydrogen-bond donors (Lipinski definition) is 0. The van der Waals surface area contributed by atoms with E-state index in [1.807, 2.05) is 0 Å². The van der Waals surface area contributed by atoms with Crippen LogP contribution in [0.4, 0.5) is 35.1 Å². The average molecular weight is 370 g/mol.